The van der Waals surface area contributed by atoms with Gasteiger partial charge in [0.05, 0.1) is 11.5 Å². The van der Waals surface area contributed by atoms with Gasteiger partial charge in [-0.2, -0.15) is 0 Å². The highest BCUT2D eigenvalue weighted by Gasteiger charge is 2.23. The zero-order valence-electron chi connectivity index (χ0n) is 19.1. The van der Waals surface area contributed by atoms with Crippen molar-refractivity contribution in [2.75, 3.05) is 33.8 Å². The Morgan fingerprint density at radius 1 is 1.16 bits per heavy atom. The minimum atomic E-state index is -0.701. The van der Waals surface area contributed by atoms with Gasteiger partial charge in [0.1, 0.15) is 6.04 Å². The number of hydrogen-bond donors (Lipinski definition) is 2. The first-order chi connectivity index (χ1) is 14.8. The standard InChI is InChI=1S/C22H36N4O5/c1-5-7-8-9-15-31-20-12-11-17(16-19(20)26(29)30)21(27)24-18(10-6-2)22(28)23-13-14-25(3)4/h11-12,16,18H,5-10,13-15H2,1-4H3,(H,23,28)(H,24,27)/t18-/m0/s1. The van der Waals surface area contributed by atoms with Crippen LogP contribution >= 0.6 is 0 Å². The SMILES string of the molecule is CCCCCCOc1ccc(C(=O)N[C@@H](CCC)C(=O)NCCN(C)C)cc1[N+](=O)[O-]. The Kier molecular flexibility index (Phi) is 12.2. The van der Waals surface area contributed by atoms with E-state index in [1.54, 1.807) is 0 Å². The van der Waals surface area contributed by atoms with E-state index in [2.05, 4.69) is 17.6 Å². The molecule has 0 saturated carbocycles. The van der Waals surface area contributed by atoms with Crippen LogP contribution in [0.25, 0.3) is 0 Å². The third-order valence-corrected chi connectivity index (χ3v) is 4.73. The summed E-state index contributed by atoms with van der Waals surface area (Å²) in [6, 6.07) is 3.42. The molecule has 2 amide bonds. The molecule has 174 valence electrons. The van der Waals surface area contributed by atoms with Crippen LogP contribution in [-0.2, 0) is 4.79 Å². The summed E-state index contributed by atoms with van der Waals surface area (Å²) >= 11 is 0. The zero-order valence-corrected chi connectivity index (χ0v) is 19.1. The van der Waals surface area contributed by atoms with Crippen molar-refractivity contribution >= 4 is 17.5 Å². The van der Waals surface area contributed by atoms with Crippen molar-refractivity contribution in [2.45, 2.75) is 58.4 Å². The minimum Gasteiger partial charge on any atom is -0.487 e. The molecule has 0 aliphatic rings. The van der Waals surface area contributed by atoms with Crippen LogP contribution in [0.15, 0.2) is 18.2 Å². The fourth-order valence-corrected chi connectivity index (χ4v) is 2.96. The first-order valence-corrected chi connectivity index (χ1v) is 10.9. The molecule has 9 nitrogen and oxygen atoms in total. The molecular formula is C22H36N4O5. The van der Waals surface area contributed by atoms with Gasteiger partial charge in [0.2, 0.25) is 5.91 Å². The number of ether oxygens (including phenoxy) is 1. The molecule has 0 aliphatic heterocycles. The molecule has 0 aromatic heterocycles. The van der Waals surface area contributed by atoms with Gasteiger partial charge < -0.3 is 20.3 Å². The van der Waals surface area contributed by atoms with Crippen molar-refractivity contribution < 1.29 is 19.2 Å². The Bertz CT molecular complexity index is 724. The van der Waals surface area contributed by atoms with Crippen molar-refractivity contribution in [1.82, 2.24) is 15.5 Å². The van der Waals surface area contributed by atoms with Crippen molar-refractivity contribution in [2.24, 2.45) is 0 Å². The number of nitro groups is 1. The molecule has 9 heteroatoms. The summed E-state index contributed by atoms with van der Waals surface area (Å²) in [4.78, 5) is 38.0. The molecule has 1 aromatic rings. The average Bonchev–Trinajstić information content (AvgIpc) is 2.72. The van der Waals surface area contributed by atoms with Gasteiger partial charge in [-0.25, -0.2) is 0 Å². The number of benzene rings is 1. The van der Waals surface area contributed by atoms with Gasteiger partial charge in [-0.1, -0.05) is 39.5 Å². The number of carbonyl (C=O) groups is 2. The summed E-state index contributed by atoms with van der Waals surface area (Å²) in [5.41, 5.74) is -0.141. The summed E-state index contributed by atoms with van der Waals surface area (Å²) in [7, 11) is 3.81. The van der Waals surface area contributed by atoms with Gasteiger partial charge in [0, 0.05) is 24.7 Å². The minimum absolute atomic E-state index is 0.118. The summed E-state index contributed by atoms with van der Waals surface area (Å²) < 4.78 is 5.56. The number of rotatable bonds is 15. The van der Waals surface area contributed by atoms with Crippen LogP contribution in [0.4, 0.5) is 5.69 Å². The van der Waals surface area contributed by atoms with Crippen molar-refractivity contribution in [3.05, 3.63) is 33.9 Å². The number of unbranched alkanes of at least 4 members (excludes halogenated alkanes) is 3. The molecule has 0 spiro atoms. The number of nitrogens with one attached hydrogen (secondary N) is 2. The third kappa shape index (κ3) is 9.78. The van der Waals surface area contributed by atoms with Crippen molar-refractivity contribution in [3.63, 3.8) is 0 Å². The Hall–Kier alpha value is -2.68. The van der Waals surface area contributed by atoms with Crippen LogP contribution in [0.5, 0.6) is 5.75 Å². The lowest BCUT2D eigenvalue weighted by atomic mass is 10.1. The number of amides is 2. The summed E-state index contributed by atoms with van der Waals surface area (Å²) in [6.45, 7) is 5.57. The van der Waals surface area contributed by atoms with Crippen molar-refractivity contribution in [1.29, 1.82) is 0 Å². The van der Waals surface area contributed by atoms with E-state index in [0.717, 1.165) is 25.7 Å². The molecule has 0 saturated heterocycles. The Balaban J connectivity index is 2.81. The predicted molar refractivity (Wildman–Crippen MR) is 120 cm³/mol. The number of nitro benzene ring substituents is 1. The number of hydrogen-bond acceptors (Lipinski definition) is 6. The molecule has 1 atom stereocenters. The van der Waals surface area contributed by atoms with Gasteiger partial charge in [-0.05, 0) is 39.1 Å². The maximum absolute atomic E-state index is 12.7. The molecule has 0 radical (unpaired) electrons. The lowest BCUT2D eigenvalue weighted by Gasteiger charge is -2.19. The number of nitrogens with zero attached hydrogens (tertiary/aromatic N) is 2. The second-order valence-corrected chi connectivity index (χ2v) is 7.76. The number of carbonyl (C=O) groups excluding carboxylic acids is 2. The van der Waals surface area contributed by atoms with E-state index in [4.69, 9.17) is 4.74 Å². The van der Waals surface area contributed by atoms with Gasteiger partial charge in [-0.15, -0.1) is 0 Å². The fraction of sp³-hybridized carbons (Fsp3) is 0.636. The molecule has 31 heavy (non-hydrogen) atoms. The molecule has 1 aromatic carbocycles. The van der Waals surface area contributed by atoms with Crippen LogP contribution in [0.2, 0.25) is 0 Å². The maximum Gasteiger partial charge on any atom is 0.311 e. The van der Waals surface area contributed by atoms with Gasteiger partial charge in [-0.3, -0.25) is 19.7 Å². The van der Waals surface area contributed by atoms with Crippen LogP contribution in [0, 0.1) is 10.1 Å². The molecule has 0 bridgehead atoms. The zero-order chi connectivity index (χ0) is 23.2. The van der Waals surface area contributed by atoms with E-state index in [-0.39, 0.29) is 22.9 Å². The van der Waals surface area contributed by atoms with E-state index in [1.165, 1.54) is 18.2 Å². The van der Waals surface area contributed by atoms with Gasteiger partial charge >= 0.3 is 5.69 Å². The lowest BCUT2D eigenvalue weighted by Crippen LogP contribution is -2.47. The number of likely N-dealkylation sites (N-methyl/N-ethyl adjacent to an activating group) is 1. The molecule has 1 rings (SSSR count). The second kappa shape index (κ2) is 14.3. The molecule has 0 unspecified atom stereocenters. The van der Waals surface area contributed by atoms with Gasteiger partial charge in [0.25, 0.3) is 5.91 Å². The van der Waals surface area contributed by atoms with E-state index in [1.807, 2.05) is 25.9 Å². The lowest BCUT2D eigenvalue weighted by molar-refractivity contribution is -0.385. The first-order valence-electron chi connectivity index (χ1n) is 10.9. The second-order valence-electron chi connectivity index (χ2n) is 7.76. The first kappa shape index (κ1) is 26.4. The quantitative estimate of drug-likeness (QED) is 0.248. The Morgan fingerprint density at radius 3 is 2.52 bits per heavy atom. The average molecular weight is 437 g/mol. The highest BCUT2D eigenvalue weighted by molar-refractivity contribution is 5.98. The third-order valence-electron chi connectivity index (χ3n) is 4.73. The Morgan fingerprint density at radius 2 is 1.90 bits per heavy atom. The molecular weight excluding hydrogens is 400 g/mol. The molecule has 2 N–H and O–H groups in total. The monoisotopic (exact) mass is 436 g/mol. The summed E-state index contributed by atoms with van der Waals surface area (Å²) in [5, 5.41) is 17.0. The fourth-order valence-electron chi connectivity index (χ4n) is 2.96. The van der Waals surface area contributed by atoms with Gasteiger partial charge in [0.15, 0.2) is 5.75 Å². The van der Waals surface area contributed by atoms with Crippen LogP contribution in [-0.4, -0.2) is 61.5 Å². The normalized spacial score (nSPS) is 11.8. The van der Waals surface area contributed by atoms with E-state index >= 15 is 0 Å². The summed E-state index contributed by atoms with van der Waals surface area (Å²) in [5.74, 6) is -0.651. The molecule has 0 fully saturated rings. The Labute approximate surface area is 184 Å². The predicted octanol–water partition coefficient (Wildman–Crippen LogP) is 3.13. The largest absolute Gasteiger partial charge is 0.487 e. The van der Waals surface area contributed by atoms with Crippen LogP contribution in [0.1, 0.15) is 62.7 Å². The maximum atomic E-state index is 12.7. The van der Waals surface area contributed by atoms with Crippen molar-refractivity contribution in [3.8, 4) is 5.75 Å². The van der Waals surface area contributed by atoms with Crippen LogP contribution in [0.3, 0.4) is 0 Å². The highest BCUT2D eigenvalue weighted by Crippen LogP contribution is 2.28. The van der Waals surface area contributed by atoms with Crippen LogP contribution < -0.4 is 15.4 Å². The van der Waals surface area contributed by atoms with E-state index in [0.29, 0.717) is 32.5 Å². The summed E-state index contributed by atoms with van der Waals surface area (Å²) in [6.07, 6.45) is 5.18. The smallest absolute Gasteiger partial charge is 0.311 e. The van der Waals surface area contributed by atoms with E-state index < -0.39 is 16.9 Å². The molecule has 0 aliphatic carbocycles. The highest BCUT2D eigenvalue weighted by atomic mass is 16.6. The molecule has 0 heterocycles. The van der Waals surface area contributed by atoms with E-state index in [9.17, 15) is 19.7 Å². The topological polar surface area (TPSA) is 114 Å².